The van der Waals surface area contributed by atoms with Crippen molar-refractivity contribution in [2.45, 2.75) is 33.1 Å². The molecule has 1 aliphatic heterocycles. The molecular weight excluding hydrogens is 330 g/mol. The number of unbranched alkanes of at least 4 members (excludes halogenated alkanes) is 1. The van der Waals surface area contributed by atoms with Gasteiger partial charge in [-0.15, -0.1) is 0 Å². The third kappa shape index (κ3) is 5.38. The van der Waals surface area contributed by atoms with Gasteiger partial charge in [0.15, 0.2) is 0 Å². The molecule has 26 heavy (non-hydrogen) atoms. The third-order valence-corrected chi connectivity index (χ3v) is 4.88. The van der Waals surface area contributed by atoms with Crippen LogP contribution in [0.5, 0.6) is 5.75 Å². The maximum Gasteiger partial charge on any atom is 0.224 e. The first-order valence-corrected chi connectivity index (χ1v) is 9.48. The quantitative estimate of drug-likeness (QED) is 0.713. The lowest BCUT2D eigenvalue weighted by Gasteiger charge is -2.37. The van der Waals surface area contributed by atoms with Crippen LogP contribution >= 0.6 is 0 Å². The number of ether oxygens (including phenoxy) is 1. The predicted octanol–water partition coefficient (Wildman–Crippen LogP) is 2.38. The highest BCUT2D eigenvalue weighted by Crippen LogP contribution is 2.28. The maximum atomic E-state index is 12.5. The third-order valence-electron chi connectivity index (χ3n) is 4.88. The molecule has 1 saturated heterocycles. The van der Waals surface area contributed by atoms with Gasteiger partial charge in [0.1, 0.15) is 5.75 Å². The highest BCUT2D eigenvalue weighted by Gasteiger charge is 2.23. The van der Waals surface area contributed by atoms with Crippen LogP contribution in [0.1, 0.15) is 33.1 Å². The van der Waals surface area contributed by atoms with Crippen LogP contribution in [0.15, 0.2) is 24.3 Å². The van der Waals surface area contributed by atoms with E-state index in [-0.39, 0.29) is 11.8 Å². The molecule has 0 N–H and O–H groups in total. The summed E-state index contributed by atoms with van der Waals surface area (Å²) in [7, 11) is 1.68. The van der Waals surface area contributed by atoms with E-state index >= 15 is 0 Å². The lowest BCUT2D eigenvalue weighted by molar-refractivity contribution is -0.133. The van der Waals surface area contributed by atoms with Gasteiger partial charge in [-0.3, -0.25) is 9.59 Å². The topological polar surface area (TPSA) is 53.1 Å². The Kier molecular flexibility index (Phi) is 7.75. The molecule has 144 valence electrons. The van der Waals surface area contributed by atoms with Crippen molar-refractivity contribution in [2.75, 3.05) is 51.3 Å². The maximum absolute atomic E-state index is 12.5. The van der Waals surface area contributed by atoms with E-state index in [2.05, 4.69) is 17.9 Å². The summed E-state index contributed by atoms with van der Waals surface area (Å²) >= 11 is 0. The minimum Gasteiger partial charge on any atom is -0.495 e. The Morgan fingerprint density at radius 1 is 1.12 bits per heavy atom. The Bertz CT molecular complexity index is 598. The minimum atomic E-state index is 0.0484. The Morgan fingerprint density at radius 3 is 2.42 bits per heavy atom. The molecular formula is C20H31N3O3. The molecule has 0 radical (unpaired) electrons. The van der Waals surface area contributed by atoms with Crippen molar-refractivity contribution >= 4 is 17.5 Å². The SMILES string of the molecule is CCCCN(CCC(=O)N1CCN(c2ccccc2OC)CC1)C(C)=O. The first-order valence-electron chi connectivity index (χ1n) is 9.48. The number of hydrogen-bond donors (Lipinski definition) is 0. The molecule has 0 bridgehead atoms. The van der Waals surface area contributed by atoms with Crippen LogP contribution in [0.25, 0.3) is 0 Å². The van der Waals surface area contributed by atoms with Gasteiger partial charge in [-0.1, -0.05) is 25.5 Å². The highest BCUT2D eigenvalue weighted by molar-refractivity contribution is 5.78. The van der Waals surface area contributed by atoms with E-state index in [1.54, 1.807) is 18.9 Å². The Balaban J connectivity index is 1.83. The number of hydrogen-bond acceptors (Lipinski definition) is 4. The molecule has 1 fully saturated rings. The van der Waals surface area contributed by atoms with E-state index in [4.69, 9.17) is 4.74 Å². The van der Waals surface area contributed by atoms with E-state index < -0.39 is 0 Å². The largest absolute Gasteiger partial charge is 0.495 e. The molecule has 6 nitrogen and oxygen atoms in total. The highest BCUT2D eigenvalue weighted by atomic mass is 16.5. The lowest BCUT2D eigenvalue weighted by atomic mass is 10.2. The summed E-state index contributed by atoms with van der Waals surface area (Å²) in [6, 6.07) is 7.97. The lowest BCUT2D eigenvalue weighted by Crippen LogP contribution is -2.49. The molecule has 0 aliphatic carbocycles. The normalized spacial score (nSPS) is 14.3. The molecule has 1 aromatic rings. The molecule has 2 rings (SSSR count). The van der Waals surface area contributed by atoms with Crippen LogP contribution in [0.2, 0.25) is 0 Å². The summed E-state index contributed by atoms with van der Waals surface area (Å²) in [5.41, 5.74) is 1.07. The number of nitrogens with zero attached hydrogens (tertiary/aromatic N) is 3. The molecule has 0 unspecified atom stereocenters. The summed E-state index contributed by atoms with van der Waals surface area (Å²) in [6.45, 7) is 7.91. The molecule has 1 heterocycles. The van der Waals surface area contributed by atoms with Crippen molar-refractivity contribution in [1.82, 2.24) is 9.80 Å². The molecule has 0 aromatic heterocycles. The molecule has 2 amide bonds. The van der Waals surface area contributed by atoms with E-state index in [0.29, 0.717) is 26.1 Å². The Labute approximate surface area is 156 Å². The van der Waals surface area contributed by atoms with Gasteiger partial charge in [0.05, 0.1) is 12.8 Å². The summed E-state index contributed by atoms with van der Waals surface area (Å²) in [5, 5.41) is 0. The fraction of sp³-hybridized carbons (Fsp3) is 0.600. The van der Waals surface area contributed by atoms with Crippen LogP contribution in [0.3, 0.4) is 0 Å². The average Bonchev–Trinajstić information content (AvgIpc) is 2.67. The van der Waals surface area contributed by atoms with Gasteiger partial charge in [-0.25, -0.2) is 0 Å². The van der Waals surface area contributed by atoms with Crippen LogP contribution < -0.4 is 9.64 Å². The fourth-order valence-corrected chi connectivity index (χ4v) is 3.25. The summed E-state index contributed by atoms with van der Waals surface area (Å²) < 4.78 is 5.43. The molecule has 6 heteroatoms. The predicted molar refractivity (Wildman–Crippen MR) is 104 cm³/mol. The van der Waals surface area contributed by atoms with E-state index in [0.717, 1.165) is 43.9 Å². The van der Waals surface area contributed by atoms with E-state index in [9.17, 15) is 9.59 Å². The molecule has 0 saturated carbocycles. The fourth-order valence-electron chi connectivity index (χ4n) is 3.25. The smallest absolute Gasteiger partial charge is 0.224 e. The number of methoxy groups -OCH3 is 1. The van der Waals surface area contributed by atoms with Crippen molar-refractivity contribution in [3.8, 4) is 5.75 Å². The zero-order valence-electron chi connectivity index (χ0n) is 16.2. The van der Waals surface area contributed by atoms with Crippen LogP contribution in [-0.4, -0.2) is 68.0 Å². The van der Waals surface area contributed by atoms with Crippen molar-refractivity contribution in [3.05, 3.63) is 24.3 Å². The van der Waals surface area contributed by atoms with Gasteiger partial charge in [-0.05, 0) is 18.6 Å². The van der Waals surface area contributed by atoms with Crippen molar-refractivity contribution in [1.29, 1.82) is 0 Å². The second kappa shape index (κ2) is 10.0. The zero-order chi connectivity index (χ0) is 18.9. The van der Waals surface area contributed by atoms with Gasteiger partial charge in [0, 0.05) is 52.6 Å². The molecule has 0 spiro atoms. The first kappa shape index (κ1) is 20.1. The Morgan fingerprint density at radius 2 is 1.81 bits per heavy atom. The second-order valence-corrected chi connectivity index (χ2v) is 6.65. The summed E-state index contributed by atoms with van der Waals surface area (Å²) in [5.74, 6) is 1.04. The number of piperazine rings is 1. The van der Waals surface area contributed by atoms with Gasteiger partial charge < -0.3 is 19.4 Å². The van der Waals surface area contributed by atoms with Gasteiger partial charge >= 0.3 is 0 Å². The standard InChI is InChI=1S/C20H31N3O3/c1-4-5-11-21(17(2)24)12-10-20(25)23-15-13-22(14-16-23)18-8-6-7-9-19(18)26-3/h6-9H,4-5,10-16H2,1-3H3. The van der Waals surface area contributed by atoms with E-state index in [1.165, 1.54) is 0 Å². The summed E-state index contributed by atoms with van der Waals surface area (Å²) in [6.07, 6.45) is 2.42. The van der Waals surface area contributed by atoms with Crippen molar-refractivity contribution < 1.29 is 14.3 Å². The number of rotatable bonds is 8. The number of benzene rings is 1. The zero-order valence-corrected chi connectivity index (χ0v) is 16.2. The second-order valence-electron chi connectivity index (χ2n) is 6.65. The van der Waals surface area contributed by atoms with Gasteiger partial charge in [-0.2, -0.15) is 0 Å². The number of carbonyl (C=O) groups excluding carboxylic acids is 2. The van der Waals surface area contributed by atoms with Crippen molar-refractivity contribution in [3.63, 3.8) is 0 Å². The summed E-state index contributed by atoms with van der Waals surface area (Å²) in [4.78, 5) is 30.1. The number of amides is 2. The van der Waals surface area contributed by atoms with Gasteiger partial charge in [0.2, 0.25) is 11.8 Å². The van der Waals surface area contributed by atoms with Crippen LogP contribution in [0, 0.1) is 0 Å². The number of carbonyl (C=O) groups is 2. The molecule has 0 atom stereocenters. The minimum absolute atomic E-state index is 0.0484. The molecule has 1 aliphatic rings. The van der Waals surface area contributed by atoms with Gasteiger partial charge in [0.25, 0.3) is 0 Å². The van der Waals surface area contributed by atoms with Crippen LogP contribution in [0.4, 0.5) is 5.69 Å². The molecule has 1 aromatic carbocycles. The van der Waals surface area contributed by atoms with Crippen LogP contribution in [-0.2, 0) is 9.59 Å². The number of anilines is 1. The van der Waals surface area contributed by atoms with E-state index in [1.807, 2.05) is 23.1 Å². The average molecular weight is 361 g/mol. The first-order chi connectivity index (χ1) is 12.6. The number of para-hydroxylation sites is 2. The van der Waals surface area contributed by atoms with Crippen molar-refractivity contribution in [2.24, 2.45) is 0 Å². The monoisotopic (exact) mass is 361 g/mol. The Hall–Kier alpha value is -2.24.